The molecule has 5 nitrogen and oxygen atoms in total. The molecule has 2 saturated heterocycles. The Labute approximate surface area is 148 Å². The lowest BCUT2D eigenvalue weighted by Gasteiger charge is -2.52. The molecule has 1 spiro atoms. The number of amides is 2. The summed E-state index contributed by atoms with van der Waals surface area (Å²) in [5.74, 6) is 0.601. The first-order chi connectivity index (χ1) is 12.1. The van der Waals surface area contributed by atoms with Gasteiger partial charge in [-0.05, 0) is 25.3 Å². The first-order valence-corrected chi connectivity index (χ1v) is 9.30. The number of benzene rings is 1. The number of nitrogens with zero attached hydrogens (tertiary/aromatic N) is 2. The van der Waals surface area contributed by atoms with E-state index in [9.17, 15) is 9.59 Å². The number of likely N-dealkylation sites (tertiary alicyclic amines) is 1. The summed E-state index contributed by atoms with van der Waals surface area (Å²) in [6.45, 7) is 4.99. The zero-order chi connectivity index (χ0) is 17.4. The molecular weight excluding hydrogens is 316 g/mol. The summed E-state index contributed by atoms with van der Waals surface area (Å²) in [4.78, 5) is 28.9. The van der Waals surface area contributed by atoms with Crippen LogP contribution in [0.5, 0.6) is 0 Å². The van der Waals surface area contributed by atoms with Gasteiger partial charge in [-0.2, -0.15) is 0 Å². The third-order valence-electron chi connectivity index (χ3n) is 5.94. The third kappa shape index (κ3) is 3.06. The van der Waals surface area contributed by atoms with Gasteiger partial charge in [-0.3, -0.25) is 9.59 Å². The predicted molar refractivity (Wildman–Crippen MR) is 93.8 cm³/mol. The molecule has 0 N–H and O–H groups in total. The summed E-state index contributed by atoms with van der Waals surface area (Å²) < 4.78 is 5.81. The third-order valence-corrected chi connectivity index (χ3v) is 5.94. The zero-order valence-corrected chi connectivity index (χ0v) is 14.9. The van der Waals surface area contributed by atoms with Crippen LogP contribution in [0.4, 0.5) is 0 Å². The quantitative estimate of drug-likeness (QED) is 0.791. The van der Waals surface area contributed by atoms with E-state index in [1.165, 1.54) is 5.56 Å². The van der Waals surface area contributed by atoms with Crippen LogP contribution in [0.2, 0.25) is 0 Å². The van der Waals surface area contributed by atoms with Gasteiger partial charge >= 0.3 is 0 Å². The monoisotopic (exact) mass is 342 g/mol. The molecule has 0 radical (unpaired) electrons. The van der Waals surface area contributed by atoms with E-state index in [1.807, 2.05) is 9.80 Å². The van der Waals surface area contributed by atoms with Crippen LogP contribution in [0, 0.1) is 12.8 Å². The Kier molecular flexibility index (Phi) is 4.28. The van der Waals surface area contributed by atoms with E-state index in [4.69, 9.17) is 4.74 Å². The maximum atomic E-state index is 12.7. The number of β-lactam (4-membered cyclic amide) rings is 1. The predicted octanol–water partition coefficient (Wildman–Crippen LogP) is 2.13. The van der Waals surface area contributed by atoms with Crippen LogP contribution in [0.25, 0.3) is 0 Å². The number of hydrogen-bond donors (Lipinski definition) is 0. The second-order valence-electron chi connectivity index (χ2n) is 7.81. The standard InChI is InChI=1S/C20H26N2O3/c1-15-5-7-16(8-6-15)12-22-18(23)11-20(22)13-21(9-10-25-14-20)19(24)17-3-2-4-17/h5-8,17H,2-4,9-14H2,1H3/t20-/m0/s1. The van der Waals surface area contributed by atoms with Gasteiger partial charge in [0.15, 0.2) is 0 Å². The lowest BCUT2D eigenvalue weighted by atomic mass is 9.81. The van der Waals surface area contributed by atoms with Gasteiger partial charge in [-0.1, -0.05) is 36.2 Å². The van der Waals surface area contributed by atoms with Crippen molar-refractivity contribution in [3.8, 4) is 0 Å². The van der Waals surface area contributed by atoms with Gasteiger partial charge in [-0.15, -0.1) is 0 Å². The molecule has 4 rings (SSSR count). The van der Waals surface area contributed by atoms with E-state index < -0.39 is 0 Å². The fourth-order valence-corrected chi connectivity index (χ4v) is 4.07. The van der Waals surface area contributed by atoms with Crippen LogP contribution >= 0.6 is 0 Å². The van der Waals surface area contributed by atoms with Crippen molar-refractivity contribution in [1.82, 2.24) is 9.80 Å². The molecule has 0 unspecified atom stereocenters. The smallest absolute Gasteiger partial charge is 0.226 e. The number of rotatable bonds is 3. The highest BCUT2D eigenvalue weighted by molar-refractivity contribution is 5.86. The molecule has 134 valence electrons. The molecule has 2 heterocycles. The van der Waals surface area contributed by atoms with E-state index >= 15 is 0 Å². The van der Waals surface area contributed by atoms with Gasteiger partial charge < -0.3 is 14.5 Å². The van der Waals surface area contributed by atoms with Gasteiger partial charge in [0.05, 0.1) is 25.2 Å². The van der Waals surface area contributed by atoms with Crippen molar-refractivity contribution in [2.75, 3.05) is 26.3 Å². The minimum absolute atomic E-state index is 0.155. The topological polar surface area (TPSA) is 49.9 Å². The lowest BCUT2D eigenvalue weighted by molar-refractivity contribution is -0.166. The molecule has 5 heteroatoms. The van der Waals surface area contributed by atoms with Gasteiger partial charge in [0, 0.05) is 25.6 Å². The Morgan fingerprint density at radius 1 is 1.28 bits per heavy atom. The van der Waals surface area contributed by atoms with Crippen molar-refractivity contribution in [2.24, 2.45) is 5.92 Å². The second-order valence-corrected chi connectivity index (χ2v) is 7.81. The Morgan fingerprint density at radius 3 is 2.68 bits per heavy atom. The van der Waals surface area contributed by atoms with Gasteiger partial charge in [-0.25, -0.2) is 0 Å². The summed E-state index contributed by atoms with van der Waals surface area (Å²) >= 11 is 0. The molecule has 1 aromatic rings. The minimum Gasteiger partial charge on any atom is -0.377 e. The number of hydrogen-bond acceptors (Lipinski definition) is 3. The highest BCUT2D eigenvalue weighted by Crippen LogP contribution is 2.37. The largest absolute Gasteiger partial charge is 0.377 e. The van der Waals surface area contributed by atoms with E-state index in [1.54, 1.807) is 0 Å². The second kappa shape index (κ2) is 6.45. The molecule has 1 aromatic carbocycles. The van der Waals surface area contributed by atoms with Crippen molar-refractivity contribution in [3.05, 3.63) is 35.4 Å². The van der Waals surface area contributed by atoms with Crippen molar-refractivity contribution in [1.29, 1.82) is 0 Å². The van der Waals surface area contributed by atoms with Crippen LogP contribution < -0.4 is 0 Å². The molecule has 0 bridgehead atoms. The molecule has 2 aliphatic heterocycles. The fraction of sp³-hybridized carbons (Fsp3) is 0.600. The SMILES string of the molecule is Cc1ccc(CN2C(=O)C[C@]23COCCN(C(=O)C2CCC2)C3)cc1. The van der Waals surface area contributed by atoms with E-state index in [-0.39, 0.29) is 23.3 Å². The number of carbonyl (C=O) groups is 2. The first-order valence-electron chi connectivity index (χ1n) is 9.30. The summed E-state index contributed by atoms with van der Waals surface area (Å²) in [5.41, 5.74) is 1.99. The molecule has 25 heavy (non-hydrogen) atoms. The Morgan fingerprint density at radius 2 is 2.04 bits per heavy atom. The maximum Gasteiger partial charge on any atom is 0.226 e. The average molecular weight is 342 g/mol. The van der Waals surface area contributed by atoms with Crippen LogP contribution in [-0.4, -0.2) is 53.5 Å². The van der Waals surface area contributed by atoms with Crippen LogP contribution in [0.3, 0.4) is 0 Å². The van der Waals surface area contributed by atoms with Gasteiger partial charge in [0.1, 0.15) is 0 Å². The highest BCUT2D eigenvalue weighted by atomic mass is 16.5. The fourth-order valence-electron chi connectivity index (χ4n) is 4.07. The molecule has 2 amide bonds. The Bertz CT molecular complexity index is 668. The highest BCUT2D eigenvalue weighted by Gasteiger charge is 2.53. The zero-order valence-electron chi connectivity index (χ0n) is 14.9. The molecule has 1 atom stereocenters. The van der Waals surface area contributed by atoms with Crippen molar-refractivity contribution >= 4 is 11.8 Å². The lowest BCUT2D eigenvalue weighted by Crippen LogP contribution is -2.69. The van der Waals surface area contributed by atoms with Crippen LogP contribution in [0.1, 0.15) is 36.8 Å². The molecule has 3 fully saturated rings. The first kappa shape index (κ1) is 16.6. The number of carbonyl (C=O) groups excluding carboxylic acids is 2. The van der Waals surface area contributed by atoms with E-state index in [0.29, 0.717) is 39.3 Å². The van der Waals surface area contributed by atoms with E-state index in [2.05, 4.69) is 31.2 Å². The number of aryl methyl sites for hydroxylation is 1. The van der Waals surface area contributed by atoms with Crippen molar-refractivity contribution in [2.45, 2.75) is 44.7 Å². The maximum absolute atomic E-state index is 12.7. The molecule has 1 saturated carbocycles. The normalized spacial score (nSPS) is 27.0. The van der Waals surface area contributed by atoms with Crippen molar-refractivity contribution in [3.63, 3.8) is 0 Å². The van der Waals surface area contributed by atoms with E-state index in [0.717, 1.165) is 24.8 Å². The summed E-state index contributed by atoms with van der Waals surface area (Å²) in [6, 6.07) is 8.29. The van der Waals surface area contributed by atoms with Crippen molar-refractivity contribution < 1.29 is 14.3 Å². The molecule has 1 aliphatic carbocycles. The number of ether oxygens (including phenoxy) is 1. The van der Waals surface area contributed by atoms with Gasteiger partial charge in [0.25, 0.3) is 0 Å². The average Bonchev–Trinajstić information content (AvgIpc) is 2.77. The summed E-state index contributed by atoms with van der Waals surface area (Å²) in [7, 11) is 0. The molecule has 0 aromatic heterocycles. The van der Waals surface area contributed by atoms with Crippen LogP contribution in [0.15, 0.2) is 24.3 Å². The minimum atomic E-state index is -0.349. The Hall–Kier alpha value is -1.88. The molecule has 3 aliphatic rings. The Balaban J connectivity index is 1.50. The van der Waals surface area contributed by atoms with Crippen LogP contribution in [-0.2, 0) is 20.9 Å². The summed E-state index contributed by atoms with van der Waals surface area (Å²) in [5, 5.41) is 0. The summed E-state index contributed by atoms with van der Waals surface area (Å²) in [6.07, 6.45) is 3.65. The molecular formula is C20H26N2O3. The van der Waals surface area contributed by atoms with Gasteiger partial charge in [0.2, 0.25) is 11.8 Å².